The molecule has 0 aliphatic rings. The first kappa shape index (κ1) is 12.3. The highest BCUT2D eigenvalue weighted by atomic mass is 32.1. The van der Waals surface area contributed by atoms with E-state index in [4.69, 9.17) is 0 Å². The fourth-order valence-electron chi connectivity index (χ4n) is 1.88. The molecule has 1 atom stereocenters. The van der Waals surface area contributed by atoms with Crippen LogP contribution in [0.1, 0.15) is 37.6 Å². The number of rotatable bonds is 6. The maximum absolute atomic E-state index is 4.26. The number of aromatic nitrogens is 2. The molecule has 92 valence electrons. The zero-order valence-corrected chi connectivity index (χ0v) is 11.2. The van der Waals surface area contributed by atoms with Crippen LogP contribution >= 0.6 is 11.3 Å². The number of hydrogen-bond acceptors (Lipinski definition) is 3. The second kappa shape index (κ2) is 5.98. The number of thiophene rings is 1. The van der Waals surface area contributed by atoms with Crippen molar-refractivity contribution in [3.05, 3.63) is 40.6 Å². The SMILES string of the molecule is CCCNCc1cncn1C(C)c1ccsc1. The molecule has 0 spiro atoms. The Kier molecular flexibility index (Phi) is 4.34. The molecule has 1 unspecified atom stereocenters. The van der Waals surface area contributed by atoms with E-state index >= 15 is 0 Å². The van der Waals surface area contributed by atoms with Gasteiger partial charge in [0.15, 0.2) is 0 Å². The first-order valence-corrected chi connectivity index (χ1v) is 7.00. The lowest BCUT2D eigenvalue weighted by Crippen LogP contribution is -2.18. The average Bonchev–Trinajstić information content (AvgIpc) is 3.00. The lowest BCUT2D eigenvalue weighted by Gasteiger charge is -2.15. The maximum atomic E-state index is 4.26. The fraction of sp³-hybridized carbons (Fsp3) is 0.462. The van der Waals surface area contributed by atoms with E-state index in [1.807, 2.05) is 12.5 Å². The Morgan fingerprint density at radius 3 is 3.12 bits per heavy atom. The third-order valence-electron chi connectivity index (χ3n) is 2.92. The topological polar surface area (TPSA) is 29.9 Å². The van der Waals surface area contributed by atoms with Gasteiger partial charge in [-0.15, -0.1) is 0 Å². The smallest absolute Gasteiger partial charge is 0.0954 e. The Hall–Kier alpha value is -1.13. The molecule has 17 heavy (non-hydrogen) atoms. The van der Waals surface area contributed by atoms with E-state index in [0.717, 1.165) is 19.5 Å². The summed E-state index contributed by atoms with van der Waals surface area (Å²) < 4.78 is 2.24. The fourth-order valence-corrected chi connectivity index (χ4v) is 2.63. The minimum atomic E-state index is 0.363. The first-order chi connectivity index (χ1) is 8.33. The van der Waals surface area contributed by atoms with Crippen molar-refractivity contribution in [1.82, 2.24) is 14.9 Å². The van der Waals surface area contributed by atoms with Crippen LogP contribution in [0.2, 0.25) is 0 Å². The third kappa shape index (κ3) is 2.96. The van der Waals surface area contributed by atoms with E-state index < -0.39 is 0 Å². The quantitative estimate of drug-likeness (QED) is 0.797. The van der Waals surface area contributed by atoms with Crippen LogP contribution in [0.15, 0.2) is 29.4 Å². The molecule has 2 heterocycles. The van der Waals surface area contributed by atoms with Crippen LogP contribution in [-0.2, 0) is 6.54 Å². The Labute approximate surface area is 107 Å². The van der Waals surface area contributed by atoms with Gasteiger partial charge in [0.25, 0.3) is 0 Å². The molecule has 4 heteroatoms. The Morgan fingerprint density at radius 1 is 1.53 bits per heavy atom. The Balaban J connectivity index is 2.08. The largest absolute Gasteiger partial charge is 0.326 e. The highest BCUT2D eigenvalue weighted by Gasteiger charge is 2.11. The number of nitrogens with zero attached hydrogens (tertiary/aromatic N) is 2. The van der Waals surface area contributed by atoms with Crippen molar-refractivity contribution in [3.63, 3.8) is 0 Å². The van der Waals surface area contributed by atoms with Crippen molar-refractivity contribution < 1.29 is 0 Å². The van der Waals surface area contributed by atoms with Gasteiger partial charge >= 0.3 is 0 Å². The van der Waals surface area contributed by atoms with Crippen LogP contribution in [0.5, 0.6) is 0 Å². The molecular formula is C13H19N3S. The van der Waals surface area contributed by atoms with Crippen molar-refractivity contribution in [3.8, 4) is 0 Å². The standard InChI is InChI=1S/C13H19N3S/c1-3-5-14-7-13-8-15-10-16(13)11(2)12-4-6-17-9-12/h4,6,8-11,14H,3,5,7H2,1-2H3. The summed E-state index contributed by atoms with van der Waals surface area (Å²) in [5.74, 6) is 0. The van der Waals surface area contributed by atoms with Gasteiger partial charge in [-0.1, -0.05) is 6.92 Å². The molecule has 0 bridgehead atoms. The zero-order chi connectivity index (χ0) is 12.1. The summed E-state index contributed by atoms with van der Waals surface area (Å²) in [5, 5.41) is 7.74. The predicted octanol–water partition coefficient (Wildman–Crippen LogP) is 3.05. The zero-order valence-electron chi connectivity index (χ0n) is 10.4. The minimum Gasteiger partial charge on any atom is -0.326 e. The number of hydrogen-bond donors (Lipinski definition) is 1. The summed E-state index contributed by atoms with van der Waals surface area (Å²) in [6.07, 6.45) is 5.03. The van der Waals surface area contributed by atoms with Crippen LogP contribution in [0.25, 0.3) is 0 Å². The van der Waals surface area contributed by atoms with Gasteiger partial charge in [0.05, 0.1) is 18.1 Å². The lowest BCUT2D eigenvalue weighted by atomic mass is 10.2. The molecule has 0 saturated heterocycles. The van der Waals surface area contributed by atoms with E-state index in [1.165, 1.54) is 11.3 Å². The van der Waals surface area contributed by atoms with E-state index in [9.17, 15) is 0 Å². The molecule has 0 radical (unpaired) electrons. The second-order valence-corrected chi connectivity index (χ2v) is 4.98. The molecule has 0 aliphatic heterocycles. The molecule has 3 nitrogen and oxygen atoms in total. The average molecular weight is 249 g/mol. The monoisotopic (exact) mass is 249 g/mol. The summed E-state index contributed by atoms with van der Waals surface area (Å²) in [7, 11) is 0. The van der Waals surface area contributed by atoms with Gasteiger partial charge in [-0.25, -0.2) is 4.98 Å². The summed E-state index contributed by atoms with van der Waals surface area (Å²) in [4.78, 5) is 4.26. The van der Waals surface area contributed by atoms with Crippen molar-refractivity contribution in [2.75, 3.05) is 6.54 Å². The van der Waals surface area contributed by atoms with Crippen LogP contribution < -0.4 is 5.32 Å². The molecule has 0 amide bonds. The summed E-state index contributed by atoms with van der Waals surface area (Å²) in [6.45, 7) is 6.34. The third-order valence-corrected chi connectivity index (χ3v) is 3.62. The normalized spacial score (nSPS) is 12.8. The van der Waals surface area contributed by atoms with Crippen molar-refractivity contribution in [2.24, 2.45) is 0 Å². The van der Waals surface area contributed by atoms with Crippen LogP contribution in [0.4, 0.5) is 0 Å². The molecule has 0 aromatic carbocycles. The highest BCUT2D eigenvalue weighted by Crippen LogP contribution is 2.21. The van der Waals surface area contributed by atoms with Crippen LogP contribution in [-0.4, -0.2) is 16.1 Å². The number of nitrogens with one attached hydrogen (secondary N) is 1. The molecule has 0 saturated carbocycles. The van der Waals surface area contributed by atoms with Crippen molar-refractivity contribution >= 4 is 11.3 Å². The summed E-state index contributed by atoms with van der Waals surface area (Å²) in [6, 6.07) is 2.54. The molecule has 2 rings (SSSR count). The van der Waals surface area contributed by atoms with Gasteiger partial charge in [0, 0.05) is 12.7 Å². The predicted molar refractivity (Wildman–Crippen MR) is 72.4 cm³/mol. The van der Waals surface area contributed by atoms with Crippen LogP contribution in [0, 0.1) is 0 Å². The van der Waals surface area contributed by atoms with Crippen LogP contribution in [0.3, 0.4) is 0 Å². The summed E-state index contributed by atoms with van der Waals surface area (Å²) in [5.41, 5.74) is 2.60. The van der Waals surface area contributed by atoms with E-state index in [1.54, 1.807) is 11.3 Å². The molecule has 2 aromatic heterocycles. The first-order valence-electron chi connectivity index (χ1n) is 6.06. The minimum absolute atomic E-state index is 0.363. The van der Waals surface area contributed by atoms with E-state index in [0.29, 0.717) is 6.04 Å². The van der Waals surface area contributed by atoms with Gasteiger partial charge in [-0.3, -0.25) is 0 Å². The molecular weight excluding hydrogens is 230 g/mol. The Bertz CT molecular complexity index is 433. The lowest BCUT2D eigenvalue weighted by molar-refractivity contribution is 0.575. The Morgan fingerprint density at radius 2 is 2.41 bits per heavy atom. The van der Waals surface area contributed by atoms with Gasteiger partial charge in [0.1, 0.15) is 0 Å². The molecule has 0 aliphatic carbocycles. The maximum Gasteiger partial charge on any atom is 0.0954 e. The van der Waals surface area contributed by atoms with Gasteiger partial charge in [0.2, 0.25) is 0 Å². The van der Waals surface area contributed by atoms with Gasteiger partial charge in [-0.2, -0.15) is 11.3 Å². The van der Waals surface area contributed by atoms with E-state index in [2.05, 4.69) is 45.5 Å². The number of imidazole rings is 1. The highest BCUT2D eigenvalue weighted by molar-refractivity contribution is 7.07. The molecule has 2 aromatic rings. The van der Waals surface area contributed by atoms with Crippen molar-refractivity contribution in [1.29, 1.82) is 0 Å². The molecule has 1 N–H and O–H groups in total. The second-order valence-electron chi connectivity index (χ2n) is 4.20. The van der Waals surface area contributed by atoms with Crippen molar-refractivity contribution in [2.45, 2.75) is 32.9 Å². The van der Waals surface area contributed by atoms with Gasteiger partial charge in [-0.05, 0) is 42.3 Å². The van der Waals surface area contributed by atoms with E-state index in [-0.39, 0.29) is 0 Å². The van der Waals surface area contributed by atoms with Gasteiger partial charge < -0.3 is 9.88 Å². The summed E-state index contributed by atoms with van der Waals surface area (Å²) >= 11 is 1.74. The molecule has 0 fully saturated rings.